The minimum absolute atomic E-state index is 0.0376. The maximum atomic E-state index is 12.9. The van der Waals surface area contributed by atoms with Gasteiger partial charge in [-0.1, -0.05) is 288 Å². The van der Waals surface area contributed by atoms with E-state index >= 15 is 0 Å². The lowest BCUT2D eigenvalue weighted by Crippen LogP contribution is -2.37. The lowest BCUT2D eigenvalue weighted by atomic mass is 10.0. The van der Waals surface area contributed by atoms with Crippen molar-refractivity contribution in [2.45, 2.75) is 277 Å². The number of unbranched alkanes of at least 4 members (excludes halogenated alkanes) is 24. The number of nitrogens with zero attached hydrogens (tertiary/aromatic N) is 1. The lowest BCUT2D eigenvalue weighted by Gasteiger charge is -2.28. The molecule has 0 saturated heterocycles. The van der Waals surface area contributed by atoms with Gasteiger partial charge in [0.05, 0.1) is 27.7 Å². The van der Waals surface area contributed by atoms with E-state index in [0.29, 0.717) is 17.4 Å². The Hall–Kier alpha value is -4.11. The molecular weight excluding hydrogens is 1090 g/mol. The molecule has 0 fully saturated rings. The highest BCUT2D eigenvalue weighted by atomic mass is 31.2. The monoisotopic (exact) mass is 1210 g/mol. The SMILES string of the molecule is CC/C=C\C/C=C\C/C=C\C/C=C\C/C=C\C/C=C\C/C=C\C/C=C\CCCCCCCCCCCCCCC(=O)OC(COC(=O)CCCCCCCCCCCCCC/C=C\C/C=C\C/C=C\C/C=C\CC)COP(=O)([O-])OCC[N+](C)(C)C. The van der Waals surface area contributed by atoms with Gasteiger partial charge in [-0.25, -0.2) is 0 Å². The number of likely N-dealkylation sites (N-methyl/N-ethyl adjacent to an activating group) is 1. The Morgan fingerprint density at radius 2 is 0.628 bits per heavy atom. The van der Waals surface area contributed by atoms with Gasteiger partial charge in [0, 0.05) is 12.8 Å². The van der Waals surface area contributed by atoms with Crippen LogP contribution in [0.3, 0.4) is 0 Å². The molecule has 2 unspecified atom stereocenters. The molecule has 0 aromatic heterocycles. The van der Waals surface area contributed by atoms with E-state index in [0.717, 1.165) is 122 Å². The molecule has 0 rings (SSSR count). The minimum atomic E-state index is -4.65. The van der Waals surface area contributed by atoms with Gasteiger partial charge < -0.3 is 27.9 Å². The second-order valence-corrected chi connectivity index (χ2v) is 25.2. The van der Waals surface area contributed by atoms with E-state index < -0.39 is 26.5 Å². The van der Waals surface area contributed by atoms with Crippen molar-refractivity contribution in [3.8, 4) is 0 Å². The molecule has 0 aromatic carbocycles. The van der Waals surface area contributed by atoms with Crippen LogP contribution in [0.5, 0.6) is 0 Å². The van der Waals surface area contributed by atoms with Gasteiger partial charge in [0.15, 0.2) is 6.10 Å². The fourth-order valence-electron chi connectivity index (χ4n) is 9.14. The topological polar surface area (TPSA) is 111 Å². The van der Waals surface area contributed by atoms with Crippen molar-refractivity contribution in [2.75, 3.05) is 47.5 Å². The highest BCUT2D eigenvalue weighted by Crippen LogP contribution is 2.38. The van der Waals surface area contributed by atoms with E-state index in [4.69, 9.17) is 18.5 Å². The summed E-state index contributed by atoms with van der Waals surface area (Å²) in [6.07, 6.45) is 96.3. The van der Waals surface area contributed by atoms with Gasteiger partial charge >= 0.3 is 11.9 Å². The summed E-state index contributed by atoms with van der Waals surface area (Å²) in [6, 6.07) is 0. The molecule has 0 amide bonds. The molecule has 86 heavy (non-hydrogen) atoms. The maximum Gasteiger partial charge on any atom is 0.306 e. The Morgan fingerprint density at radius 1 is 0.360 bits per heavy atom. The van der Waals surface area contributed by atoms with Crippen LogP contribution in [0.15, 0.2) is 146 Å². The van der Waals surface area contributed by atoms with Gasteiger partial charge in [0.2, 0.25) is 0 Å². The van der Waals surface area contributed by atoms with Crippen LogP contribution in [0, 0.1) is 0 Å². The number of ether oxygens (including phenoxy) is 2. The number of carbonyl (C=O) groups is 2. The Balaban J connectivity index is 4.09. The van der Waals surface area contributed by atoms with Crippen LogP contribution < -0.4 is 4.89 Å². The highest BCUT2D eigenvalue weighted by molar-refractivity contribution is 7.45. The van der Waals surface area contributed by atoms with Crippen molar-refractivity contribution < 1.29 is 42.1 Å². The summed E-state index contributed by atoms with van der Waals surface area (Å²) in [5, 5.41) is 0. The fourth-order valence-corrected chi connectivity index (χ4v) is 9.86. The van der Waals surface area contributed by atoms with Crippen LogP contribution in [0.1, 0.15) is 271 Å². The second-order valence-electron chi connectivity index (χ2n) is 23.8. The summed E-state index contributed by atoms with van der Waals surface area (Å²) >= 11 is 0. The van der Waals surface area contributed by atoms with Crippen molar-refractivity contribution in [1.82, 2.24) is 0 Å². The Bertz CT molecular complexity index is 1960. The van der Waals surface area contributed by atoms with E-state index in [9.17, 15) is 19.0 Å². The number of hydrogen-bond acceptors (Lipinski definition) is 8. The molecule has 0 saturated carbocycles. The lowest BCUT2D eigenvalue weighted by molar-refractivity contribution is -0.870. The average molecular weight is 1210 g/mol. The van der Waals surface area contributed by atoms with Crippen LogP contribution in [-0.4, -0.2) is 70.0 Å². The van der Waals surface area contributed by atoms with Crippen LogP contribution in [0.2, 0.25) is 0 Å². The van der Waals surface area contributed by atoms with E-state index in [-0.39, 0.29) is 32.0 Å². The molecule has 0 spiro atoms. The summed E-state index contributed by atoms with van der Waals surface area (Å²) in [5.41, 5.74) is 0. The zero-order valence-corrected chi connectivity index (χ0v) is 56.6. The van der Waals surface area contributed by atoms with Gasteiger partial charge in [0.25, 0.3) is 7.82 Å². The molecule has 0 radical (unpaired) electrons. The first-order valence-corrected chi connectivity index (χ1v) is 36.0. The maximum absolute atomic E-state index is 12.9. The number of allylic oxidation sites excluding steroid dienone is 24. The standard InChI is InChI=1S/C76H128NO8P/c1-6-8-10-12-14-16-18-20-22-24-26-28-30-32-33-34-35-36-37-38-39-40-41-42-43-45-47-49-51-53-55-57-59-61-63-65-67-69-76(79)85-74(73-84-86(80,81)83-71-70-77(3,4)5)72-82-75(78)68-66-64-62-60-58-56-54-52-50-48-46-44-31-29-27-25-23-21-19-17-15-13-11-9-7-2/h8-11,14-17,20-23,26-29,32-33,35-36,38-39,41-42,74H,6-7,12-13,18-19,24-25,30-31,34,37,40,43-73H2,1-5H3/b10-8-,11-9-,16-14-,17-15-,22-20-,23-21-,28-26-,29-27-,33-32-,36-35-,39-38-,42-41-. The van der Waals surface area contributed by atoms with Crippen molar-refractivity contribution in [2.24, 2.45) is 0 Å². The molecule has 0 aliphatic carbocycles. The summed E-state index contributed by atoms with van der Waals surface area (Å²) in [5.74, 6) is -0.840. The number of phosphoric acid groups is 1. The molecule has 0 aliphatic rings. The summed E-state index contributed by atoms with van der Waals surface area (Å²) in [4.78, 5) is 38.1. The van der Waals surface area contributed by atoms with Crippen molar-refractivity contribution >= 4 is 19.8 Å². The predicted octanol–water partition coefficient (Wildman–Crippen LogP) is 22.0. The van der Waals surface area contributed by atoms with E-state index in [1.54, 1.807) is 0 Å². The van der Waals surface area contributed by atoms with Crippen LogP contribution in [0.4, 0.5) is 0 Å². The van der Waals surface area contributed by atoms with Gasteiger partial charge in [-0.05, 0) is 116 Å². The quantitative estimate of drug-likeness (QED) is 0.0195. The van der Waals surface area contributed by atoms with Gasteiger partial charge in [-0.15, -0.1) is 0 Å². The molecule has 0 bridgehead atoms. The van der Waals surface area contributed by atoms with E-state index in [1.807, 2.05) is 21.1 Å². The van der Waals surface area contributed by atoms with Gasteiger partial charge in [0.1, 0.15) is 19.8 Å². The summed E-state index contributed by atoms with van der Waals surface area (Å²) < 4.78 is 34.3. The molecule has 0 heterocycles. The Kier molecular flexibility index (Phi) is 62.2. The average Bonchev–Trinajstić information content (AvgIpc) is 3.67. The number of hydrogen-bond donors (Lipinski definition) is 0. The zero-order chi connectivity index (χ0) is 62.6. The third-order valence-electron chi connectivity index (χ3n) is 14.4. The van der Waals surface area contributed by atoms with E-state index in [1.165, 1.54) is 116 Å². The van der Waals surface area contributed by atoms with Crippen LogP contribution >= 0.6 is 7.82 Å². The molecular formula is C76H128NO8P. The fraction of sp³-hybridized carbons (Fsp3) is 0.658. The largest absolute Gasteiger partial charge is 0.756 e. The van der Waals surface area contributed by atoms with Crippen molar-refractivity contribution in [3.63, 3.8) is 0 Å². The zero-order valence-electron chi connectivity index (χ0n) is 55.7. The smallest absolute Gasteiger partial charge is 0.306 e. The summed E-state index contributed by atoms with van der Waals surface area (Å²) in [6.45, 7) is 4.01. The molecule has 0 aliphatic heterocycles. The molecule has 0 N–H and O–H groups in total. The van der Waals surface area contributed by atoms with Gasteiger partial charge in [-0.2, -0.15) is 0 Å². The molecule has 0 aromatic rings. The molecule has 2 atom stereocenters. The summed E-state index contributed by atoms with van der Waals surface area (Å²) in [7, 11) is 1.15. The number of quaternary nitrogens is 1. The van der Waals surface area contributed by atoms with Crippen molar-refractivity contribution in [3.05, 3.63) is 146 Å². The first kappa shape index (κ1) is 81.9. The molecule has 9 nitrogen and oxygen atoms in total. The Labute approximate surface area is 529 Å². The minimum Gasteiger partial charge on any atom is -0.756 e. The number of esters is 2. The number of phosphoric ester groups is 1. The van der Waals surface area contributed by atoms with E-state index in [2.05, 4.69) is 160 Å². The molecule has 10 heteroatoms. The number of rotatable bonds is 62. The van der Waals surface area contributed by atoms with Crippen LogP contribution in [0.25, 0.3) is 0 Å². The predicted molar refractivity (Wildman–Crippen MR) is 369 cm³/mol. The third-order valence-corrected chi connectivity index (χ3v) is 15.3. The number of carbonyl (C=O) groups excluding carboxylic acids is 2. The Morgan fingerprint density at radius 3 is 0.930 bits per heavy atom. The second kappa shape index (κ2) is 65.3. The first-order valence-electron chi connectivity index (χ1n) is 34.5. The van der Waals surface area contributed by atoms with Gasteiger partial charge in [-0.3, -0.25) is 14.2 Å². The highest BCUT2D eigenvalue weighted by Gasteiger charge is 2.22. The van der Waals surface area contributed by atoms with Crippen LogP contribution in [-0.2, 0) is 32.7 Å². The normalized spacial score (nSPS) is 14.1. The molecule has 490 valence electrons. The van der Waals surface area contributed by atoms with Crippen molar-refractivity contribution in [1.29, 1.82) is 0 Å². The third kappa shape index (κ3) is 69.0. The first-order chi connectivity index (χ1) is 42.0.